The minimum absolute atomic E-state index is 0.165. The molecule has 0 aliphatic rings. The Morgan fingerprint density at radius 1 is 0.900 bits per heavy atom. The van der Waals surface area contributed by atoms with E-state index in [0.29, 0.717) is 12.8 Å². The average Bonchev–Trinajstić information content (AvgIpc) is 2.41. The molecule has 0 aromatic carbocycles. The third-order valence-corrected chi connectivity index (χ3v) is 3.69. The van der Waals surface area contributed by atoms with E-state index in [1.165, 1.54) is 0 Å². The fraction of sp³-hybridized carbons (Fsp3) is 0.867. The van der Waals surface area contributed by atoms with Crippen molar-refractivity contribution in [2.75, 3.05) is 13.2 Å². The zero-order valence-corrected chi connectivity index (χ0v) is 13.5. The van der Waals surface area contributed by atoms with Crippen LogP contribution < -0.4 is 0 Å². The van der Waals surface area contributed by atoms with E-state index in [-0.39, 0.29) is 25.2 Å². The maximum Gasteiger partial charge on any atom is 0.311 e. The first-order valence-electron chi connectivity index (χ1n) is 7.09. The quantitative estimate of drug-likeness (QED) is 0.694. The Hall–Kier alpha value is -1.10. The van der Waals surface area contributed by atoms with Crippen molar-refractivity contribution in [2.24, 2.45) is 10.8 Å². The number of aliphatic hydroxyl groups excluding tert-OH is 1. The van der Waals surface area contributed by atoms with E-state index in [1.807, 2.05) is 13.8 Å². The first-order chi connectivity index (χ1) is 9.06. The van der Waals surface area contributed by atoms with Crippen molar-refractivity contribution in [3.63, 3.8) is 0 Å². The van der Waals surface area contributed by atoms with Crippen molar-refractivity contribution in [3.05, 3.63) is 0 Å². The molecular formula is C15H28O5. The van der Waals surface area contributed by atoms with Gasteiger partial charge in [-0.2, -0.15) is 0 Å². The molecule has 0 spiro atoms. The first kappa shape index (κ1) is 18.9. The molecule has 0 aromatic heterocycles. The summed E-state index contributed by atoms with van der Waals surface area (Å²) in [6, 6.07) is 0. The third-order valence-electron chi connectivity index (χ3n) is 3.69. The highest BCUT2D eigenvalue weighted by atomic mass is 16.6. The highest BCUT2D eigenvalue weighted by Gasteiger charge is 2.29. The molecule has 5 nitrogen and oxygen atoms in total. The summed E-state index contributed by atoms with van der Waals surface area (Å²) < 4.78 is 10.0. The standard InChI is InChI=1S/C15H28O5/c1-7-14(3,4)12(17)19-9-11(16)10-20-13(18)15(5,6)8-2/h11,16H,7-10H2,1-6H3. The van der Waals surface area contributed by atoms with Crippen molar-refractivity contribution in [1.29, 1.82) is 0 Å². The number of carbonyl (C=O) groups excluding carboxylic acids is 2. The minimum Gasteiger partial charge on any atom is -0.462 e. The van der Waals surface area contributed by atoms with Crippen LogP contribution in [0.5, 0.6) is 0 Å². The summed E-state index contributed by atoms with van der Waals surface area (Å²) in [5, 5.41) is 9.67. The van der Waals surface area contributed by atoms with Gasteiger partial charge < -0.3 is 14.6 Å². The van der Waals surface area contributed by atoms with Gasteiger partial charge in [-0.3, -0.25) is 9.59 Å². The van der Waals surface area contributed by atoms with Gasteiger partial charge >= 0.3 is 11.9 Å². The van der Waals surface area contributed by atoms with Gasteiger partial charge in [-0.1, -0.05) is 13.8 Å². The molecule has 0 unspecified atom stereocenters. The highest BCUT2D eigenvalue weighted by molar-refractivity contribution is 5.76. The molecule has 1 N–H and O–H groups in total. The van der Waals surface area contributed by atoms with E-state index in [1.54, 1.807) is 27.7 Å². The van der Waals surface area contributed by atoms with Crippen LogP contribution in [0.25, 0.3) is 0 Å². The Morgan fingerprint density at radius 2 is 1.20 bits per heavy atom. The molecule has 0 rings (SSSR count). The van der Waals surface area contributed by atoms with Crippen LogP contribution in [0.4, 0.5) is 0 Å². The van der Waals surface area contributed by atoms with Crippen LogP contribution >= 0.6 is 0 Å². The van der Waals surface area contributed by atoms with Crippen LogP contribution in [0.1, 0.15) is 54.4 Å². The van der Waals surface area contributed by atoms with Crippen LogP contribution in [-0.2, 0) is 19.1 Å². The van der Waals surface area contributed by atoms with Gasteiger partial charge in [0.25, 0.3) is 0 Å². The number of rotatable bonds is 8. The van der Waals surface area contributed by atoms with Crippen LogP contribution in [0, 0.1) is 10.8 Å². The molecular weight excluding hydrogens is 260 g/mol. The summed E-state index contributed by atoms with van der Waals surface area (Å²) in [4.78, 5) is 23.4. The van der Waals surface area contributed by atoms with Gasteiger partial charge in [0.05, 0.1) is 10.8 Å². The summed E-state index contributed by atoms with van der Waals surface area (Å²) in [5.74, 6) is -0.724. The molecule has 0 saturated carbocycles. The summed E-state index contributed by atoms with van der Waals surface area (Å²) in [7, 11) is 0. The monoisotopic (exact) mass is 288 g/mol. The normalized spacial score (nSPS) is 12.4. The van der Waals surface area contributed by atoms with E-state index in [2.05, 4.69) is 0 Å². The molecule has 0 aromatic rings. The fourth-order valence-electron chi connectivity index (χ4n) is 1.07. The van der Waals surface area contributed by atoms with Crippen LogP contribution in [-0.4, -0.2) is 36.4 Å². The number of hydrogen-bond donors (Lipinski definition) is 1. The molecule has 5 heteroatoms. The van der Waals surface area contributed by atoms with Gasteiger partial charge in [-0.15, -0.1) is 0 Å². The topological polar surface area (TPSA) is 72.8 Å². The number of esters is 2. The van der Waals surface area contributed by atoms with Crippen molar-refractivity contribution in [3.8, 4) is 0 Å². The van der Waals surface area contributed by atoms with E-state index in [0.717, 1.165) is 0 Å². The molecule has 20 heavy (non-hydrogen) atoms. The Bertz CT molecular complexity index is 301. The first-order valence-corrected chi connectivity index (χ1v) is 7.09. The highest BCUT2D eigenvalue weighted by Crippen LogP contribution is 2.22. The van der Waals surface area contributed by atoms with Crippen LogP contribution in [0.3, 0.4) is 0 Å². The van der Waals surface area contributed by atoms with Gasteiger partial charge in [0, 0.05) is 0 Å². The smallest absolute Gasteiger partial charge is 0.311 e. The van der Waals surface area contributed by atoms with E-state index in [9.17, 15) is 14.7 Å². The molecule has 0 aliphatic heterocycles. The molecule has 0 aliphatic carbocycles. The van der Waals surface area contributed by atoms with Gasteiger partial charge in [0.1, 0.15) is 19.3 Å². The summed E-state index contributed by atoms with van der Waals surface area (Å²) in [5.41, 5.74) is -1.14. The average molecular weight is 288 g/mol. The molecule has 0 bridgehead atoms. The molecule has 0 amide bonds. The predicted octanol–water partition coefficient (Wildman–Crippen LogP) is 2.31. The molecule has 0 atom stereocenters. The number of hydrogen-bond acceptors (Lipinski definition) is 5. The van der Waals surface area contributed by atoms with E-state index >= 15 is 0 Å². The zero-order chi connectivity index (χ0) is 16.0. The minimum atomic E-state index is -0.997. The zero-order valence-electron chi connectivity index (χ0n) is 13.5. The maximum absolute atomic E-state index is 11.7. The number of ether oxygens (including phenoxy) is 2. The van der Waals surface area contributed by atoms with Gasteiger partial charge in [0.15, 0.2) is 0 Å². The second-order valence-corrected chi connectivity index (χ2v) is 6.33. The summed E-state index contributed by atoms with van der Waals surface area (Å²) >= 11 is 0. The molecule has 0 heterocycles. The second-order valence-electron chi connectivity index (χ2n) is 6.33. The Balaban J connectivity index is 4.11. The van der Waals surface area contributed by atoms with Gasteiger partial charge in [0.2, 0.25) is 0 Å². The van der Waals surface area contributed by atoms with Gasteiger partial charge in [-0.25, -0.2) is 0 Å². The van der Waals surface area contributed by atoms with Crippen molar-refractivity contribution in [2.45, 2.75) is 60.5 Å². The SMILES string of the molecule is CCC(C)(C)C(=O)OCC(O)COC(=O)C(C)(C)CC. The van der Waals surface area contributed by atoms with Crippen molar-refractivity contribution < 1.29 is 24.2 Å². The maximum atomic E-state index is 11.7. The molecule has 0 fully saturated rings. The van der Waals surface area contributed by atoms with E-state index in [4.69, 9.17) is 9.47 Å². The lowest BCUT2D eigenvalue weighted by Crippen LogP contribution is -2.33. The Kier molecular flexibility index (Phi) is 7.20. The Morgan fingerprint density at radius 3 is 1.45 bits per heavy atom. The second kappa shape index (κ2) is 7.62. The lowest BCUT2D eigenvalue weighted by molar-refractivity contribution is -0.163. The molecule has 0 saturated heterocycles. The Labute approximate surface area is 121 Å². The summed E-state index contributed by atoms with van der Waals surface area (Å²) in [6.07, 6.45) is 0.312. The lowest BCUT2D eigenvalue weighted by Gasteiger charge is -2.23. The summed E-state index contributed by atoms with van der Waals surface area (Å²) in [6.45, 7) is 10.6. The lowest BCUT2D eigenvalue weighted by atomic mass is 9.91. The number of carbonyl (C=O) groups is 2. The van der Waals surface area contributed by atoms with E-state index < -0.39 is 16.9 Å². The van der Waals surface area contributed by atoms with Gasteiger partial charge in [-0.05, 0) is 40.5 Å². The largest absolute Gasteiger partial charge is 0.462 e. The molecule has 0 radical (unpaired) electrons. The van der Waals surface area contributed by atoms with Crippen LogP contribution in [0.2, 0.25) is 0 Å². The van der Waals surface area contributed by atoms with Crippen LogP contribution in [0.15, 0.2) is 0 Å². The fourth-order valence-corrected chi connectivity index (χ4v) is 1.07. The van der Waals surface area contributed by atoms with Crippen molar-refractivity contribution >= 4 is 11.9 Å². The molecule has 118 valence electrons. The van der Waals surface area contributed by atoms with Crippen molar-refractivity contribution in [1.82, 2.24) is 0 Å². The predicted molar refractivity (Wildman–Crippen MR) is 76.1 cm³/mol. The third kappa shape index (κ3) is 5.90. The number of aliphatic hydroxyl groups is 1.